The third-order valence-corrected chi connectivity index (χ3v) is 22.6. The smallest absolute Gasteiger partial charge is 0.366 e. The molecule has 0 aromatic heterocycles. The molecule has 4 fully saturated rings. The lowest BCUT2D eigenvalue weighted by atomic mass is 9.43. The molecule has 0 bridgehead atoms. The molecule has 2 saturated carbocycles. The van der Waals surface area contributed by atoms with Gasteiger partial charge < -0.3 is 32.5 Å². The summed E-state index contributed by atoms with van der Waals surface area (Å²) in [4.78, 5) is 43.3. The third-order valence-electron chi connectivity index (χ3n) is 13.3. The lowest BCUT2D eigenvalue weighted by Gasteiger charge is -2.62. The minimum Gasteiger partial charge on any atom is -0.468 e. The minimum absolute atomic E-state index is 0.0189. The highest BCUT2D eigenvalue weighted by molar-refractivity contribution is 6.74. The van der Waals surface area contributed by atoms with Gasteiger partial charge in [0.1, 0.15) is 11.5 Å². The van der Waals surface area contributed by atoms with Crippen LogP contribution in [0.1, 0.15) is 60.5 Å². The molecular weight excluding hydrogens is 661 g/mol. The van der Waals surface area contributed by atoms with Gasteiger partial charge in [0.2, 0.25) is 0 Å². The molecule has 2 heterocycles. The highest BCUT2D eigenvalue weighted by Crippen LogP contribution is 2.71. The number of ketones is 1. The van der Waals surface area contributed by atoms with Gasteiger partial charge in [0.25, 0.3) is 5.79 Å². The van der Waals surface area contributed by atoms with Crippen molar-refractivity contribution in [1.29, 1.82) is 0 Å². The van der Waals surface area contributed by atoms with Crippen LogP contribution in [0.3, 0.4) is 0 Å². The van der Waals surface area contributed by atoms with Crippen LogP contribution in [-0.2, 0) is 53.5 Å². The molecule has 12 heteroatoms. The number of Topliss-reactive ketones (excluding diaryl/α,β-unsaturated/α-hetero) is 1. The molecule has 49 heavy (non-hydrogen) atoms. The SMILES string of the molecule is CC[Si](CC)(CC)O[C@H]1C[C@@H](O[Si](CC)(CC)CC)[C@@]2(C(=O)OC)CO[C@H]3C(=O)[C@H](C)C4[C@@](OCc5ccccc5)(C(=O)OC)OC[C@]41[C@@H]32. The highest BCUT2D eigenvalue weighted by atomic mass is 28.4. The summed E-state index contributed by atoms with van der Waals surface area (Å²) < 4.78 is 45.8. The van der Waals surface area contributed by atoms with Gasteiger partial charge >= 0.3 is 11.9 Å². The van der Waals surface area contributed by atoms with E-state index in [1.807, 2.05) is 37.3 Å². The van der Waals surface area contributed by atoms with E-state index in [1.165, 1.54) is 14.2 Å². The van der Waals surface area contributed by atoms with Crippen molar-refractivity contribution in [3.63, 3.8) is 0 Å². The van der Waals surface area contributed by atoms with Crippen molar-refractivity contribution in [2.24, 2.45) is 28.6 Å². The average molecular weight is 719 g/mol. The van der Waals surface area contributed by atoms with Crippen molar-refractivity contribution in [2.45, 2.75) is 122 Å². The second-order valence-corrected chi connectivity index (χ2v) is 24.1. The van der Waals surface area contributed by atoms with E-state index in [4.69, 9.17) is 32.5 Å². The van der Waals surface area contributed by atoms with Crippen LogP contribution < -0.4 is 0 Å². The summed E-state index contributed by atoms with van der Waals surface area (Å²) >= 11 is 0. The summed E-state index contributed by atoms with van der Waals surface area (Å²) in [5.41, 5.74) is -1.50. The van der Waals surface area contributed by atoms with Crippen LogP contribution in [0.5, 0.6) is 0 Å². The molecule has 1 unspecified atom stereocenters. The maximum absolute atomic E-state index is 14.6. The number of ether oxygens (including phenoxy) is 5. The molecule has 1 aromatic carbocycles. The topological polar surface area (TPSA) is 116 Å². The Morgan fingerprint density at radius 1 is 0.796 bits per heavy atom. The Morgan fingerprint density at radius 2 is 1.35 bits per heavy atom. The molecule has 10 nitrogen and oxygen atoms in total. The van der Waals surface area contributed by atoms with Crippen molar-refractivity contribution >= 4 is 34.4 Å². The number of carbonyl (C=O) groups is 3. The Bertz CT molecular complexity index is 1340. The average Bonchev–Trinajstić information content (AvgIpc) is 3.72. The lowest BCUT2D eigenvalue weighted by molar-refractivity contribution is -0.260. The van der Waals surface area contributed by atoms with Crippen LogP contribution >= 0.6 is 0 Å². The maximum atomic E-state index is 14.6. The summed E-state index contributed by atoms with van der Waals surface area (Å²) in [6.45, 7) is 15.0. The summed E-state index contributed by atoms with van der Waals surface area (Å²) in [7, 11) is -1.94. The van der Waals surface area contributed by atoms with Crippen LogP contribution in [0, 0.1) is 28.6 Å². The van der Waals surface area contributed by atoms with Gasteiger partial charge in [-0.2, -0.15) is 0 Å². The molecule has 2 saturated heterocycles. The van der Waals surface area contributed by atoms with Gasteiger partial charge in [-0.05, 0) is 48.2 Å². The molecule has 0 N–H and O–H groups in total. The third kappa shape index (κ3) is 5.72. The number of carbonyl (C=O) groups excluding carboxylic acids is 3. The Morgan fingerprint density at radius 3 is 1.88 bits per heavy atom. The molecule has 2 aliphatic heterocycles. The fraction of sp³-hybridized carbons (Fsp3) is 0.757. The molecule has 4 aliphatic rings. The standard InChI is InChI=1S/C37H58O10Si2/c1-10-48(11-2,12-3)46-27-21-28(47-49(13-4,14-5)15-6)36(33(39)41-8)23-43-30-29(38)25(7)31-35(27,32(30)36)24-45-37(31,34(40)42-9)44-22-26-19-17-16-18-20-26/h16-20,25,27-28,30-32H,10-15,21-24H2,1-9H3/t25-,27-,28+,30-,31?,32+,35+,36-,37-/m0/s1. The molecule has 0 amide bonds. The van der Waals surface area contributed by atoms with Crippen molar-refractivity contribution in [3.05, 3.63) is 35.9 Å². The summed E-state index contributed by atoms with van der Waals surface area (Å²) in [5.74, 6) is -5.56. The van der Waals surface area contributed by atoms with E-state index in [0.29, 0.717) is 6.42 Å². The zero-order valence-electron chi connectivity index (χ0n) is 31.0. The number of methoxy groups -OCH3 is 2. The van der Waals surface area contributed by atoms with Crippen molar-refractivity contribution < 1.29 is 46.9 Å². The first kappa shape index (κ1) is 38.3. The van der Waals surface area contributed by atoms with Gasteiger partial charge in [0.05, 0.1) is 46.2 Å². The van der Waals surface area contributed by atoms with Crippen LogP contribution in [-0.4, -0.2) is 85.9 Å². The summed E-state index contributed by atoms with van der Waals surface area (Å²) in [6, 6.07) is 14.9. The van der Waals surface area contributed by atoms with E-state index in [-0.39, 0.29) is 25.6 Å². The number of hydrogen-bond donors (Lipinski definition) is 0. The predicted octanol–water partition coefficient (Wildman–Crippen LogP) is 6.28. The van der Waals surface area contributed by atoms with E-state index < -0.39 is 81.3 Å². The molecule has 5 rings (SSSR count). The second kappa shape index (κ2) is 14.6. The van der Waals surface area contributed by atoms with Crippen LogP contribution in [0.4, 0.5) is 0 Å². The molecule has 1 aromatic rings. The van der Waals surface area contributed by atoms with E-state index >= 15 is 0 Å². The van der Waals surface area contributed by atoms with E-state index in [2.05, 4.69) is 41.5 Å². The minimum atomic E-state index is -2.33. The first-order chi connectivity index (χ1) is 23.4. The summed E-state index contributed by atoms with van der Waals surface area (Å²) in [6.07, 6.45) is -1.63. The van der Waals surface area contributed by atoms with Gasteiger partial charge in [0.15, 0.2) is 22.4 Å². The molecule has 9 atom stereocenters. The molecule has 1 spiro atoms. The molecule has 274 valence electrons. The Hall–Kier alpha value is -1.94. The summed E-state index contributed by atoms with van der Waals surface area (Å²) in [5, 5.41) is 0. The normalized spacial score (nSPS) is 35.5. The van der Waals surface area contributed by atoms with Gasteiger partial charge in [0, 0.05) is 23.2 Å². The molecular formula is C37H58O10Si2. The fourth-order valence-corrected chi connectivity index (χ4v) is 15.9. The maximum Gasteiger partial charge on any atom is 0.366 e. The molecule has 2 aliphatic carbocycles. The predicted molar refractivity (Wildman–Crippen MR) is 188 cm³/mol. The number of hydrogen-bond acceptors (Lipinski definition) is 10. The fourth-order valence-electron chi connectivity index (χ4n) is 10.1. The van der Waals surface area contributed by atoms with Crippen LogP contribution in [0.2, 0.25) is 36.3 Å². The van der Waals surface area contributed by atoms with E-state index in [9.17, 15) is 14.4 Å². The van der Waals surface area contributed by atoms with Gasteiger partial charge in [-0.25, -0.2) is 4.79 Å². The lowest BCUT2D eigenvalue weighted by Crippen LogP contribution is -2.74. The Labute approximate surface area is 294 Å². The number of rotatable bonds is 15. The Kier molecular flexibility index (Phi) is 11.4. The zero-order valence-corrected chi connectivity index (χ0v) is 33.0. The highest BCUT2D eigenvalue weighted by Gasteiger charge is 2.83. The van der Waals surface area contributed by atoms with Gasteiger partial charge in [-0.15, -0.1) is 0 Å². The van der Waals surface area contributed by atoms with Gasteiger partial charge in [-0.1, -0.05) is 78.8 Å². The van der Waals surface area contributed by atoms with Crippen molar-refractivity contribution in [3.8, 4) is 0 Å². The second-order valence-electron chi connectivity index (χ2n) is 14.7. The van der Waals surface area contributed by atoms with Crippen molar-refractivity contribution in [1.82, 2.24) is 0 Å². The van der Waals surface area contributed by atoms with Gasteiger partial charge in [-0.3, -0.25) is 9.59 Å². The van der Waals surface area contributed by atoms with E-state index in [1.54, 1.807) is 0 Å². The quantitative estimate of drug-likeness (QED) is 0.152. The number of esters is 2. The molecule has 0 radical (unpaired) electrons. The Balaban J connectivity index is 1.77. The first-order valence-corrected chi connectivity index (χ1v) is 23.5. The van der Waals surface area contributed by atoms with Crippen molar-refractivity contribution in [2.75, 3.05) is 27.4 Å². The van der Waals surface area contributed by atoms with E-state index in [0.717, 1.165) is 41.8 Å². The first-order valence-electron chi connectivity index (χ1n) is 18.4. The van der Waals surface area contributed by atoms with Crippen LogP contribution in [0.15, 0.2) is 30.3 Å². The number of benzene rings is 1. The van der Waals surface area contributed by atoms with Crippen LogP contribution in [0.25, 0.3) is 0 Å². The largest absolute Gasteiger partial charge is 0.468 e. The zero-order chi connectivity index (χ0) is 35.8. The monoisotopic (exact) mass is 718 g/mol.